The summed E-state index contributed by atoms with van der Waals surface area (Å²) in [4.78, 5) is 15.9. The van der Waals surface area contributed by atoms with Crippen molar-refractivity contribution in [1.29, 1.82) is 0 Å². The highest BCUT2D eigenvalue weighted by molar-refractivity contribution is 7.87. The normalized spacial score (nSPS) is 14.6. The topological polar surface area (TPSA) is 91.3 Å². The van der Waals surface area contributed by atoms with E-state index in [4.69, 9.17) is 43.7 Å². The van der Waals surface area contributed by atoms with E-state index in [0.717, 1.165) is 18.3 Å². The van der Waals surface area contributed by atoms with E-state index in [1.807, 2.05) is 0 Å². The average Bonchev–Trinajstić information content (AvgIpc) is 2.59. The Morgan fingerprint density at radius 1 is 1.21 bits per heavy atom. The van der Waals surface area contributed by atoms with Gasteiger partial charge in [0.25, 0.3) is 10.1 Å². The second kappa shape index (κ2) is 10.8. The molecule has 0 spiro atoms. The van der Waals surface area contributed by atoms with E-state index < -0.39 is 51.7 Å². The molecule has 0 aliphatic rings. The SMILES string of the molecule is CO/N=C/C(F)CC(COC(=O)C(C)(C)C)OS(=O)(=O)c1cc(Cl)c(Cl)cc1Cl. The maximum absolute atomic E-state index is 14.1. The molecule has 1 rings (SSSR count). The second-order valence-corrected chi connectivity index (χ2v) is 9.67. The van der Waals surface area contributed by atoms with Gasteiger partial charge in [0.15, 0.2) is 0 Å². The molecule has 12 heteroatoms. The monoisotopic (exact) mass is 491 g/mol. The number of carbonyl (C=O) groups excluding carboxylic acids is 1. The highest BCUT2D eigenvalue weighted by Gasteiger charge is 2.30. The predicted molar refractivity (Wildman–Crippen MR) is 109 cm³/mol. The Hall–Kier alpha value is -1.13. The molecule has 1 aromatic rings. The Morgan fingerprint density at radius 3 is 2.34 bits per heavy atom. The third-order valence-corrected chi connectivity index (χ3v) is 5.88. The number of oxime groups is 1. The molecule has 0 radical (unpaired) electrons. The zero-order valence-corrected chi connectivity index (χ0v) is 19.2. The van der Waals surface area contributed by atoms with Crippen LogP contribution in [0.1, 0.15) is 27.2 Å². The number of ether oxygens (including phenoxy) is 1. The average molecular weight is 493 g/mol. The standard InChI is InChI=1S/C17H21Cl3FNO6S/c1-17(2,3)16(23)27-9-11(5-10(21)8-22-26-4)28-29(24,25)15-7-13(19)12(18)6-14(15)20/h6-8,10-11H,5,9H2,1-4H3/b22-8+. The van der Waals surface area contributed by atoms with Gasteiger partial charge in [-0.15, -0.1) is 0 Å². The van der Waals surface area contributed by atoms with Crippen LogP contribution in [0.15, 0.2) is 22.2 Å². The molecule has 0 amide bonds. The summed E-state index contributed by atoms with van der Waals surface area (Å²) in [5, 5.41) is 3.03. The molecular weight excluding hydrogens is 472 g/mol. The summed E-state index contributed by atoms with van der Waals surface area (Å²) < 4.78 is 49.5. The first-order valence-electron chi connectivity index (χ1n) is 8.23. The molecule has 0 aromatic heterocycles. The Labute approximate surface area is 184 Å². The van der Waals surface area contributed by atoms with Gasteiger partial charge in [-0.25, -0.2) is 4.39 Å². The van der Waals surface area contributed by atoms with E-state index >= 15 is 0 Å². The van der Waals surface area contributed by atoms with Gasteiger partial charge < -0.3 is 9.57 Å². The molecule has 29 heavy (non-hydrogen) atoms. The minimum absolute atomic E-state index is 0.0471. The fourth-order valence-corrected chi connectivity index (χ4v) is 3.94. The molecule has 0 fully saturated rings. The van der Waals surface area contributed by atoms with Gasteiger partial charge in [-0.05, 0) is 32.9 Å². The lowest BCUT2D eigenvalue weighted by atomic mass is 9.97. The molecule has 164 valence electrons. The zero-order valence-electron chi connectivity index (χ0n) is 16.1. The number of halogens is 4. The lowest BCUT2D eigenvalue weighted by molar-refractivity contribution is -0.155. The number of esters is 1. The Kier molecular flexibility index (Phi) is 9.62. The molecule has 2 atom stereocenters. The van der Waals surface area contributed by atoms with Crippen LogP contribution in [0.3, 0.4) is 0 Å². The van der Waals surface area contributed by atoms with Crippen LogP contribution in [-0.4, -0.2) is 46.6 Å². The molecule has 1 aromatic carbocycles. The van der Waals surface area contributed by atoms with Gasteiger partial charge in [0.1, 0.15) is 30.9 Å². The summed E-state index contributed by atoms with van der Waals surface area (Å²) >= 11 is 17.6. The smallest absolute Gasteiger partial charge is 0.311 e. The first-order chi connectivity index (χ1) is 13.3. The Bertz CT molecular complexity index is 857. The number of carbonyl (C=O) groups is 1. The summed E-state index contributed by atoms with van der Waals surface area (Å²) in [7, 11) is -3.27. The largest absolute Gasteiger partial charge is 0.462 e. The van der Waals surface area contributed by atoms with Crippen molar-refractivity contribution in [3.05, 3.63) is 27.2 Å². The fraction of sp³-hybridized carbons (Fsp3) is 0.529. The van der Waals surface area contributed by atoms with Crippen molar-refractivity contribution in [2.24, 2.45) is 10.6 Å². The number of alkyl halides is 1. The van der Waals surface area contributed by atoms with E-state index in [9.17, 15) is 17.6 Å². The number of rotatable bonds is 9. The third-order valence-electron chi connectivity index (χ3n) is 3.34. The van der Waals surface area contributed by atoms with E-state index in [-0.39, 0.29) is 15.1 Å². The molecule has 0 saturated carbocycles. The van der Waals surface area contributed by atoms with Gasteiger partial charge in [-0.1, -0.05) is 40.0 Å². The van der Waals surface area contributed by atoms with Gasteiger partial charge in [-0.2, -0.15) is 8.42 Å². The van der Waals surface area contributed by atoms with E-state index in [1.165, 1.54) is 7.11 Å². The molecule has 0 aliphatic heterocycles. The van der Waals surface area contributed by atoms with Gasteiger partial charge >= 0.3 is 5.97 Å². The molecule has 0 saturated heterocycles. The molecular formula is C17H21Cl3FNO6S. The summed E-state index contributed by atoms with van der Waals surface area (Å²) in [6, 6.07) is 2.15. The predicted octanol–water partition coefficient (Wildman–Crippen LogP) is 4.67. The molecule has 0 N–H and O–H groups in total. The van der Waals surface area contributed by atoms with Crippen LogP contribution in [0.4, 0.5) is 4.39 Å². The highest BCUT2D eigenvalue weighted by atomic mass is 35.5. The van der Waals surface area contributed by atoms with Crippen molar-refractivity contribution in [2.75, 3.05) is 13.7 Å². The van der Waals surface area contributed by atoms with Crippen LogP contribution >= 0.6 is 34.8 Å². The third kappa shape index (κ3) is 8.25. The minimum Gasteiger partial charge on any atom is -0.462 e. The minimum atomic E-state index is -4.49. The Balaban J connectivity index is 3.09. The first-order valence-corrected chi connectivity index (χ1v) is 10.8. The number of nitrogens with zero attached hydrogens (tertiary/aromatic N) is 1. The van der Waals surface area contributed by atoms with Crippen molar-refractivity contribution in [3.63, 3.8) is 0 Å². The van der Waals surface area contributed by atoms with E-state index in [0.29, 0.717) is 0 Å². The summed E-state index contributed by atoms with van der Waals surface area (Å²) in [6.45, 7) is 4.32. The summed E-state index contributed by atoms with van der Waals surface area (Å²) in [5.41, 5.74) is -0.844. The molecule has 2 unspecified atom stereocenters. The van der Waals surface area contributed by atoms with Crippen LogP contribution in [0.5, 0.6) is 0 Å². The summed E-state index contributed by atoms with van der Waals surface area (Å²) in [6.07, 6.45) is -2.76. The molecule has 0 bridgehead atoms. The van der Waals surface area contributed by atoms with Gasteiger partial charge in [-0.3, -0.25) is 8.98 Å². The maximum atomic E-state index is 14.1. The van der Waals surface area contributed by atoms with Crippen molar-refractivity contribution < 1.29 is 31.4 Å². The maximum Gasteiger partial charge on any atom is 0.311 e. The van der Waals surface area contributed by atoms with Crippen LogP contribution in [0.2, 0.25) is 15.1 Å². The highest BCUT2D eigenvalue weighted by Crippen LogP contribution is 2.33. The quantitative estimate of drug-likeness (QED) is 0.164. The van der Waals surface area contributed by atoms with Crippen molar-refractivity contribution in [2.45, 2.75) is 44.4 Å². The van der Waals surface area contributed by atoms with Gasteiger partial charge in [0.05, 0.1) is 26.7 Å². The van der Waals surface area contributed by atoms with Crippen molar-refractivity contribution >= 4 is 57.1 Å². The fourth-order valence-electron chi connectivity index (χ4n) is 1.89. The van der Waals surface area contributed by atoms with Crippen LogP contribution in [0.25, 0.3) is 0 Å². The number of benzene rings is 1. The lowest BCUT2D eigenvalue weighted by Crippen LogP contribution is -2.32. The van der Waals surface area contributed by atoms with Gasteiger partial charge in [0, 0.05) is 6.42 Å². The lowest BCUT2D eigenvalue weighted by Gasteiger charge is -2.22. The zero-order chi connectivity index (χ0) is 22.4. The summed E-state index contributed by atoms with van der Waals surface area (Å²) in [5.74, 6) is -0.614. The molecule has 7 nitrogen and oxygen atoms in total. The number of hydrogen-bond donors (Lipinski definition) is 0. The van der Waals surface area contributed by atoms with Crippen LogP contribution < -0.4 is 0 Å². The van der Waals surface area contributed by atoms with Crippen molar-refractivity contribution in [1.82, 2.24) is 0 Å². The molecule has 0 heterocycles. The first kappa shape index (κ1) is 25.9. The van der Waals surface area contributed by atoms with Crippen LogP contribution in [0, 0.1) is 5.41 Å². The van der Waals surface area contributed by atoms with Crippen molar-refractivity contribution in [3.8, 4) is 0 Å². The molecule has 0 aliphatic carbocycles. The van der Waals surface area contributed by atoms with Gasteiger partial charge in [0.2, 0.25) is 0 Å². The van der Waals surface area contributed by atoms with Crippen LogP contribution in [-0.2, 0) is 28.7 Å². The Morgan fingerprint density at radius 2 is 1.79 bits per heavy atom. The number of hydrogen-bond acceptors (Lipinski definition) is 7. The van der Waals surface area contributed by atoms with E-state index in [1.54, 1.807) is 20.8 Å². The van der Waals surface area contributed by atoms with E-state index in [2.05, 4.69) is 9.99 Å². The second-order valence-electron chi connectivity index (χ2n) is 6.91.